The maximum atomic E-state index is 4.94. The van der Waals surface area contributed by atoms with Crippen LogP contribution in [-0.4, -0.2) is 45.5 Å². The van der Waals surface area contributed by atoms with Crippen LogP contribution in [0.5, 0.6) is 0 Å². The first kappa shape index (κ1) is 10.4. The zero-order valence-corrected chi connectivity index (χ0v) is 7.63. The fourth-order valence-electron chi connectivity index (χ4n) is 0.677. The third-order valence-electron chi connectivity index (χ3n) is 1.35. The molecule has 0 rings (SSSR count). The molecule has 0 bridgehead atoms. The largest absolute Gasteiger partial charge is 0.364 e. The molecule has 0 unspecified atom stereocenters. The summed E-state index contributed by atoms with van der Waals surface area (Å²) < 4.78 is 9.89. The predicted molar refractivity (Wildman–Crippen MR) is 44.6 cm³/mol. The fraction of sp³-hybridized carbons (Fsp3) is 0.857. The SMILES string of the molecule is CN=C(C)N(COC)COC. The van der Waals surface area contributed by atoms with Gasteiger partial charge in [0, 0.05) is 21.3 Å². The molecule has 0 aromatic carbocycles. The lowest BCUT2D eigenvalue weighted by Gasteiger charge is -2.21. The van der Waals surface area contributed by atoms with E-state index in [1.54, 1.807) is 21.3 Å². The number of hydrogen-bond donors (Lipinski definition) is 0. The van der Waals surface area contributed by atoms with E-state index in [0.29, 0.717) is 13.5 Å². The molecule has 0 spiro atoms. The summed E-state index contributed by atoms with van der Waals surface area (Å²) in [6, 6.07) is 0. The van der Waals surface area contributed by atoms with Gasteiger partial charge in [-0.2, -0.15) is 0 Å². The van der Waals surface area contributed by atoms with Crippen LogP contribution < -0.4 is 0 Å². The summed E-state index contributed by atoms with van der Waals surface area (Å²) in [5.41, 5.74) is 0. The van der Waals surface area contributed by atoms with Crippen molar-refractivity contribution in [3.63, 3.8) is 0 Å². The second-order valence-corrected chi connectivity index (χ2v) is 2.15. The topological polar surface area (TPSA) is 34.1 Å². The summed E-state index contributed by atoms with van der Waals surface area (Å²) >= 11 is 0. The van der Waals surface area contributed by atoms with Crippen molar-refractivity contribution in [1.29, 1.82) is 0 Å². The zero-order valence-electron chi connectivity index (χ0n) is 7.63. The quantitative estimate of drug-likeness (QED) is 0.342. The second kappa shape index (κ2) is 6.12. The van der Waals surface area contributed by atoms with Crippen molar-refractivity contribution in [2.24, 2.45) is 4.99 Å². The smallest absolute Gasteiger partial charge is 0.121 e. The normalized spacial score (nSPS) is 11.8. The van der Waals surface area contributed by atoms with Gasteiger partial charge in [-0.15, -0.1) is 0 Å². The van der Waals surface area contributed by atoms with Crippen molar-refractivity contribution >= 4 is 5.84 Å². The van der Waals surface area contributed by atoms with Crippen molar-refractivity contribution in [3.8, 4) is 0 Å². The Labute approximate surface area is 67.8 Å². The Bertz CT molecular complexity index is 120. The molecule has 0 amide bonds. The monoisotopic (exact) mass is 160 g/mol. The number of hydrogen-bond acceptors (Lipinski definition) is 3. The average molecular weight is 160 g/mol. The summed E-state index contributed by atoms with van der Waals surface area (Å²) in [5, 5.41) is 0. The number of methoxy groups -OCH3 is 2. The standard InChI is InChI=1S/C7H16N2O2/c1-7(8-2)9(5-10-3)6-11-4/h5-6H2,1-4H3. The summed E-state index contributed by atoms with van der Waals surface area (Å²) in [4.78, 5) is 5.90. The Kier molecular flexibility index (Phi) is 5.78. The Balaban J connectivity index is 3.87. The molecule has 4 nitrogen and oxygen atoms in total. The summed E-state index contributed by atoms with van der Waals surface area (Å²) in [6.07, 6.45) is 0. The molecule has 11 heavy (non-hydrogen) atoms. The lowest BCUT2D eigenvalue weighted by molar-refractivity contribution is 0.0312. The maximum absolute atomic E-state index is 4.94. The number of amidine groups is 1. The van der Waals surface area contributed by atoms with Gasteiger partial charge in [-0.1, -0.05) is 0 Å². The van der Waals surface area contributed by atoms with Gasteiger partial charge in [0.15, 0.2) is 0 Å². The first-order valence-corrected chi connectivity index (χ1v) is 3.42. The lowest BCUT2D eigenvalue weighted by atomic mass is 10.6. The number of rotatable bonds is 4. The van der Waals surface area contributed by atoms with Crippen LogP contribution in [0.2, 0.25) is 0 Å². The average Bonchev–Trinajstić information content (AvgIpc) is 2.03. The van der Waals surface area contributed by atoms with E-state index >= 15 is 0 Å². The molecule has 0 aromatic heterocycles. The van der Waals surface area contributed by atoms with Gasteiger partial charge in [0.05, 0.1) is 5.84 Å². The number of aliphatic imine (C=N–C) groups is 1. The van der Waals surface area contributed by atoms with E-state index in [-0.39, 0.29) is 0 Å². The van der Waals surface area contributed by atoms with Crippen LogP contribution in [0, 0.1) is 0 Å². The molecule has 66 valence electrons. The first-order chi connectivity index (χ1) is 5.26. The van der Waals surface area contributed by atoms with Crippen LogP contribution in [0.4, 0.5) is 0 Å². The number of ether oxygens (including phenoxy) is 2. The van der Waals surface area contributed by atoms with Crippen molar-refractivity contribution in [2.75, 3.05) is 34.7 Å². The molecule has 0 aromatic rings. The molecule has 0 aliphatic heterocycles. The highest BCUT2D eigenvalue weighted by molar-refractivity contribution is 5.79. The van der Waals surface area contributed by atoms with Crippen LogP contribution in [-0.2, 0) is 9.47 Å². The highest BCUT2D eigenvalue weighted by Crippen LogP contribution is 1.91. The van der Waals surface area contributed by atoms with Gasteiger partial charge < -0.3 is 14.4 Å². The van der Waals surface area contributed by atoms with E-state index in [4.69, 9.17) is 9.47 Å². The van der Waals surface area contributed by atoms with E-state index in [1.165, 1.54) is 0 Å². The van der Waals surface area contributed by atoms with Gasteiger partial charge in [-0.25, -0.2) is 0 Å². The van der Waals surface area contributed by atoms with E-state index in [9.17, 15) is 0 Å². The van der Waals surface area contributed by atoms with Crippen LogP contribution >= 0.6 is 0 Å². The van der Waals surface area contributed by atoms with E-state index in [0.717, 1.165) is 5.84 Å². The van der Waals surface area contributed by atoms with E-state index in [1.807, 2.05) is 11.8 Å². The molecule has 0 radical (unpaired) electrons. The van der Waals surface area contributed by atoms with E-state index in [2.05, 4.69) is 4.99 Å². The molecule has 4 heteroatoms. The molecule has 0 saturated carbocycles. The van der Waals surface area contributed by atoms with Gasteiger partial charge in [0.1, 0.15) is 13.5 Å². The van der Waals surface area contributed by atoms with Gasteiger partial charge >= 0.3 is 0 Å². The summed E-state index contributed by atoms with van der Waals surface area (Å²) in [6.45, 7) is 2.94. The molecule has 0 saturated heterocycles. The maximum Gasteiger partial charge on any atom is 0.121 e. The van der Waals surface area contributed by atoms with Crippen molar-refractivity contribution in [3.05, 3.63) is 0 Å². The van der Waals surface area contributed by atoms with Gasteiger partial charge in [0.2, 0.25) is 0 Å². The predicted octanol–water partition coefficient (Wildman–Crippen LogP) is 0.544. The Morgan fingerprint density at radius 1 is 1.27 bits per heavy atom. The van der Waals surface area contributed by atoms with Gasteiger partial charge in [0.25, 0.3) is 0 Å². The van der Waals surface area contributed by atoms with Crippen LogP contribution in [0.3, 0.4) is 0 Å². The number of nitrogens with zero attached hydrogens (tertiary/aromatic N) is 2. The molecular weight excluding hydrogens is 144 g/mol. The second-order valence-electron chi connectivity index (χ2n) is 2.15. The molecule has 0 fully saturated rings. The molecular formula is C7H16N2O2. The summed E-state index contributed by atoms with van der Waals surface area (Å²) in [7, 11) is 5.03. The minimum atomic E-state index is 0.511. The van der Waals surface area contributed by atoms with Crippen molar-refractivity contribution < 1.29 is 9.47 Å². The Morgan fingerprint density at radius 3 is 2.00 bits per heavy atom. The first-order valence-electron chi connectivity index (χ1n) is 3.42. The molecule has 0 atom stereocenters. The summed E-state index contributed by atoms with van der Waals surface area (Å²) in [5.74, 6) is 0.911. The molecule has 0 heterocycles. The highest BCUT2D eigenvalue weighted by atomic mass is 16.5. The fourth-order valence-corrected chi connectivity index (χ4v) is 0.677. The Hall–Kier alpha value is -0.610. The van der Waals surface area contributed by atoms with Gasteiger partial charge in [-0.05, 0) is 6.92 Å². The zero-order chi connectivity index (χ0) is 8.69. The molecule has 0 aliphatic carbocycles. The third-order valence-corrected chi connectivity index (χ3v) is 1.35. The van der Waals surface area contributed by atoms with Crippen LogP contribution in [0.25, 0.3) is 0 Å². The minimum Gasteiger partial charge on any atom is -0.364 e. The van der Waals surface area contributed by atoms with Crippen LogP contribution in [0.15, 0.2) is 4.99 Å². The highest BCUT2D eigenvalue weighted by Gasteiger charge is 2.03. The van der Waals surface area contributed by atoms with E-state index < -0.39 is 0 Å². The minimum absolute atomic E-state index is 0.511. The van der Waals surface area contributed by atoms with Gasteiger partial charge in [-0.3, -0.25) is 4.99 Å². The lowest BCUT2D eigenvalue weighted by Crippen LogP contribution is -2.32. The Morgan fingerprint density at radius 2 is 1.73 bits per heavy atom. The molecule has 0 N–H and O–H groups in total. The van der Waals surface area contributed by atoms with Crippen LogP contribution in [0.1, 0.15) is 6.92 Å². The third kappa shape index (κ3) is 3.95. The molecule has 0 aliphatic rings. The van der Waals surface area contributed by atoms with Crippen molar-refractivity contribution in [1.82, 2.24) is 4.90 Å². The van der Waals surface area contributed by atoms with Crippen molar-refractivity contribution in [2.45, 2.75) is 6.92 Å².